The minimum absolute atomic E-state index is 0.00529. The third-order valence-corrected chi connectivity index (χ3v) is 5.74. The van der Waals surface area contributed by atoms with Crippen LogP contribution in [0.25, 0.3) is 10.9 Å². The highest BCUT2D eigenvalue weighted by atomic mass is 19.3. The van der Waals surface area contributed by atoms with Gasteiger partial charge in [-0.05, 0) is 44.7 Å². The van der Waals surface area contributed by atoms with Crippen LogP contribution in [0.1, 0.15) is 43.6 Å². The summed E-state index contributed by atoms with van der Waals surface area (Å²) in [6.07, 6.45) is 1.71. The molecule has 2 aromatic carbocycles. The lowest BCUT2D eigenvalue weighted by atomic mass is 10.1. The fraction of sp³-hybridized carbons (Fsp3) is 0.385. The Kier molecular flexibility index (Phi) is 7.03. The highest BCUT2D eigenvalue weighted by Gasteiger charge is 2.29. The van der Waals surface area contributed by atoms with Gasteiger partial charge in [0.1, 0.15) is 23.6 Å². The van der Waals surface area contributed by atoms with E-state index in [9.17, 15) is 13.2 Å². The molecule has 6 nitrogen and oxygen atoms in total. The van der Waals surface area contributed by atoms with Crippen molar-refractivity contribution in [3.63, 3.8) is 0 Å². The molecule has 0 aliphatic carbocycles. The van der Waals surface area contributed by atoms with Crippen LogP contribution in [0, 0.1) is 24.7 Å². The quantitative estimate of drug-likeness (QED) is 0.364. The number of alkyl halides is 2. The molecular weight excluding hydrogens is 459 g/mol. The van der Waals surface area contributed by atoms with Gasteiger partial charge in [0.25, 0.3) is 5.92 Å². The summed E-state index contributed by atoms with van der Waals surface area (Å²) in [6.45, 7) is 5.02. The molecular formula is C26H26F3N3O3. The van der Waals surface area contributed by atoms with Crippen molar-refractivity contribution in [1.29, 1.82) is 0 Å². The monoisotopic (exact) mass is 485 g/mol. The predicted octanol–water partition coefficient (Wildman–Crippen LogP) is 5.57. The van der Waals surface area contributed by atoms with Crippen LogP contribution in [0.2, 0.25) is 0 Å². The van der Waals surface area contributed by atoms with E-state index < -0.39 is 17.3 Å². The zero-order valence-corrected chi connectivity index (χ0v) is 19.9. The van der Waals surface area contributed by atoms with Gasteiger partial charge in [0.2, 0.25) is 0 Å². The van der Waals surface area contributed by atoms with Crippen molar-refractivity contribution in [1.82, 2.24) is 9.97 Å². The second-order valence-electron chi connectivity index (χ2n) is 8.44. The van der Waals surface area contributed by atoms with Crippen molar-refractivity contribution in [3.05, 3.63) is 53.1 Å². The molecule has 0 radical (unpaired) electrons. The number of aryl methyl sites for hydroxylation is 1. The summed E-state index contributed by atoms with van der Waals surface area (Å²) >= 11 is 0. The third kappa shape index (κ3) is 5.43. The van der Waals surface area contributed by atoms with E-state index in [4.69, 9.17) is 14.2 Å². The Morgan fingerprint density at radius 2 is 2.03 bits per heavy atom. The topological polar surface area (TPSA) is 65.5 Å². The van der Waals surface area contributed by atoms with Crippen LogP contribution in [0.4, 0.5) is 19.0 Å². The first-order valence-corrected chi connectivity index (χ1v) is 11.3. The molecule has 0 bridgehead atoms. The van der Waals surface area contributed by atoms with Crippen LogP contribution in [-0.4, -0.2) is 35.9 Å². The SMILES string of the molecule is COc1cc2nc(C)nc(NC#Cc3cccc(C(C)(F)F)c3F)c2cc1OC(C)[C@H]1CCCO1. The fourth-order valence-corrected chi connectivity index (χ4v) is 3.97. The first-order chi connectivity index (χ1) is 16.7. The number of methoxy groups -OCH3 is 1. The van der Waals surface area contributed by atoms with E-state index in [-0.39, 0.29) is 17.8 Å². The molecule has 1 aliphatic heterocycles. The molecule has 1 fully saturated rings. The maximum absolute atomic E-state index is 14.5. The van der Waals surface area contributed by atoms with E-state index >= 15 is 0 Å². The van der Waals surface area contributed by atoms with Gasteiger partial charge in [0.15, 0.2) is 11.5 Å². The van der Waals surface area contributed by atoms with Gasteiger partial charge < -0.3 is 14.2 Å². The van der Waals surface area contributed by atoms with Crippen molar-refractivity contribution < 1.29 is 27.4 Å². The normalized spacial score (nSPS) is 16.5. The first-order valence-electron chi connectivity index (χ1n) is 11.3. The van der Waals surface area contributed by atoms with Gasteiger partial charge in [-0.3, -0.25) is 5.32 Å². The summed E-state index contributed by atoms with van der Waals surface area (Å²) < 4.78 is 59.2. The van der Waals surface area contributed by atoms with Gasteiger partial charge in [0, 0.05) is 31.0 Å². The largest absolute Gasteiger partial charge is 0.493 e. The lowest BCUT2D eigenvalue weighted by Gasteiger charge is -2.22. The number of hydrogen-bond donors (Lipinski definition) is 1. The molecule has 3 aromatic rings. The predicted molar refractivity (Wildman–Crippen MR) is 126 cm³/mol. The van der Waals surface area contributed by atoms with Crippen LogP contribution < -0.4 is 14.8 Å². The summed E-state index contributed by atoms with van der Waals surface area (Å²) in [4.78, 5) is 8.86. The molecule has 4 rings (SSSR count). The van der Waals surface area contributed by atoms with Gasteiger partial charge in [-0.1, -0.05) is 12.1 Å². The molecule has 1 aromatic heterocycles. The molecule has 0 saturated carbocycles. The van der Waals surface area contributed by atoms with Crippen molar-refractivity contribution in [2.45, 2.75) is 51.7 Å². The number of nitrogens with zero attached hydrogens (tertiary/aromatic N) is 2. The summed E-state index contributed by atoms with van der Waals surface area (Å²) in [5.74, 6) is 0.0467. The average molecular weight is 486 g/mol. The lowest BCUT2D eigenvalue weighted by Crippen LogP contribution is -2.28. The van der Waals surface area contributed by atoms with Crippen molar-refractivity contribution >= 4 is 16.7 Å². The van der Waals surface area contributed by atoms with Crippen LogP contribution in [0.15, 0.2) is 30.3 Å². The number of nitrogens with one attached hydrogen (secondary N) is 1. The molecule has 1 aliphatic rings. The molecule has 184 valence electrons. The van der Waals surface area contributed by atoms with Crippen molar-refractivity contribution in [2.75, 3.05) is 19.0 Å². The fourth-order valence-electron chi connectivity index (χ4n) is 3.97. The smallest absolute Gasteiger partial charge is 0.273 e. The van der Waals surface area contributed by atoms with E-state index in [0.717, 1.165) is 18.9 Å². The van der Waals surface area contributed by atoms with E-state index in [2.05, 4.69) is 27.2 Å². The number of halogens is 3. The molecule has 9 heteroatoms. The number of benzene rings is 2. The number of aromatic nitrogens is 2. The lowest BCUT2D eigenvalue weighted by molar-refractivity contribution is 0.0137. The van der Waals surface area contributed by atoms with Crippen LogP contribution in [0.5, 0.6) is 11.5 Å². The number of hydrogen-bond acceptors (Lipinski definition) is 6. The molecule has 2 atom stereocenters. The van der Waals surface area contributed by atoms with Gasteiger partial charge in [-0.15, -0.1) is 0 Å². The number of fused-ring (bicyclic) bond motifs is 1. The Morgan fingerprint density at radius 3 is 2.71 bits per heavy atom. The molecule has 1 unspecified atom stereocenters. The summed E-state index contributed by atoms with van der Waals surface area (Å²) in [7, 11) is 1.55. The van der Waals surface area contributed by atoms with Crippen LogP contribution in [0.3, 0.4) is 0 Å². The zero-order chi connectivity index (χ0) is 25.2. The number of ether oxygens (including phenoxy) is 3. The highest BCUT2D eigenvalue weighted by molar-refractivity contribution is 5.92. The third-order valence-electron chi connectivity index (χ3n) is 5.74. The van der Waals surface area contributed by atoms with Gasteiger partial charge in [-0.25, -0.2) is 23.1 Å². The van der Waals surface area contributed by atoms with E-state index in [1.165, 1.54) is 12.1 Å². The maximum atomic E-state index is 14.5. The Labute approximate surface area is 201 Å². The minimum Gasteiger partial charge on any atom is -0.493 e. The first kappa shape index (κ1) is 24.6. The Balaban J connectivity index is 1.67. The summed E-state index contributed by atoms with van der Waals surface area (Å²) in [5, 5.41) is 3.45. The zero-order valence-electron chi connectivity index (χ0n) is 19.9. The molecule has 2 heterocycles. The second-order valence-corrected chi connectivity index (χ2v) is 8.44. The van der Waals surface area contributed by atoms with Gasteiger partial charge >= 0.3 is 0 Å². The second kappa shape index (κ2) is 10.0. The Bertz CT molecular complexity index is 1290. The Morgan fingerprint density at radius 1 is 1.23 bits per heavy atom. The molecule has 0 amide bonds. The van der Waals surface area contributed by atoms with E-state index in [0.29, 0.717) is 47.6 Å². The molecule has 35 heavy (non-hydrogen) atoms. The maximum Gasteiger partial charge on any atom is 0.273 e. The molecule has 1 saturated heterocycles. The standard InChI is InChI=1S/C26H26F3N3O3/c1-15(21-9-6-12-34-21)35-23-13-18-20(14-22(23)33-4)31-16(2)32-25(18)30-11-10-17-7-5-8-19(24(17)27)26(3,28)29/h5,7-8,13-15,21H,6,9,12H2,1-4H3,(H,30,31,32)/t15?,21-/m1/s1. The number of rotatable bonds is 6. The summed E-state index contributed by atoms with van der Waals surface area (Å²) in [5.41, 5.74) is -0.265. The molecule has 1 N–H and O–H groups in total. The van der Waals surface area contributed by atoms with Crippen molar-refractivity contribution in [3.8, 4) is 23.5 Å². The van der Waals surface area contributed by atoms with Crippen LogP contribution >= 0.6 is 0 Å². The van der Waals surface area contributed by atoms with Gasteiger partial charge in [-0.2, -0.15) is 0 Å². The Hall–Kier alpha value is -3.51. The average Bonchev–Trinajstić information content (AvgIpc) is 3.34. The van der Waals surface area contributed by atoms with E-state index in [1.54, 1.807) is 26.2 Å². The van der Waals surface area contributed by atoms with Crippen LogP contribution in [-0.2, 0) is 10.7 Å². The highest BCUT2D eigenvalue weighted by Crippen LogP contribution is 2.36. The van der Waals surface area contributed by atoms with E-state index in [1.807, 2.05) is 6.92 Å². The van der Waals surface area contributed by atoms with Gasteiger partial charge in [0.05, 0.1) is 29.9 Å². The molecule has 0 spiro atoms. The van der Waals surface area contributed by atoms with Crippen molar-refractivity contribution in [2.24, 2.45) is 0 Å². The summed E-state index contributed by atoms with van der Waals surface area (Å²) in [6, 6.07) is 9.84. The number of anilines is 1. The minimum atomic E-state index is -3.31.